The van der Waals surface area contributed by atoms with Crippen molar-refractivity contribution in [2.24, 2.45) is 0 Å². The van der Waals surface area contributed by atoms with E-state index in [1.807, 2.05) is 0 Å². The molecule has 0 aliphatic heterocycles. The summed E-state index contributed by atoms with van der Waals surface area (Å²) in [5.41, 5.74) is 0.0175. The summed E-state index contributed by atoms with van der Waals surface area (Å²) in [6, 6.07) is 4.07. The predicted molar refractivity (Wildman–Crippen MR) is 72.7 cm³/mol. The highest BCUT2D eigenvalue weighted by atomic mass is 19.4. The van der Waals surface area contributed by atoms with Crippen LogP contribution in [-0.4, -0.2) is 17.3 Å². The third-order valence-corrected chi connectivity index (χ3v) is 3.87. The summed E-state index contributed by atoms with van der Waals surface area (Å²) in [7, 11) is 0. The van der Waals surface area contributed by atoms with Gasteiger partial charge in [-0.3, -0.25) is 0 Å². The van der Waals surface area contributed by atoms with Crippen LogP contribution in [0.1, 0.15) is 43.2 Å². The molecule has 0 bridgehead atoms. The lowest BCUT2D eigenvalue weighted by Crippen LogP contribution is -2.32. The molecule has 0 saturated heterocycles. The molecule has 2 unspecified atom stereocenters. The smallest absolute Gasteiger partial charge is 0.391 e. The van der Waals surface area contributed by atoms with E-state index >= 15 is 0 Å². The van der Waals surface area contributed by atoms with Crippen molar-refractivity contribution in [3.8, 4) is 0 Å². The summed E-state index contributed by atoms with van der Waals surface area (Å²) in [4.78, 5) is 0. The lowest BCUT2D eigenvalue weighted by atomic mass is 10.0. The van der Waals surface area contributed by atoms with Crippen molar-refractivity contribution in [1.82, 2.24) is 0 Å². The Morgan fingerprint density at radius 3 is 2.55 bits per heavy atom. The molecule has 20 heavy (non-hydrogen) atoms. The summed E-state index contributed by atoms with van der Waals surface area (Å²) in [5, 5.41) is 13.1. The molecule has 0 radical (unpaired) electrons. The van der Waals surface area contributed by atoms with Crippen LogP contribution in [0.5, 0.6) is 0 Å². The maximum atomic E-state index is 12.9. The van der Waals surface area contributed by atoms with Crippen molar-refractivity contribution in [2.45, 2.75) is 57.3 Å². The van der Waals surface area contributed by atoms with E-state index in [0.717, 1.165) is 31.7 Å². The standard InChI is InChI=1S/C15H20F3NO/c1-10-7-8-11(9-12(10)15(16,17)18)19-13-5-3-2-4-6-14(13)20/h7-9,13-14,19-20H,2-6H2,1H3. The molecule has 1 aromatic carbocycles. The number of aryl methyl sites for hydroxylation is 1. The average Bonchev–Trinajstić information content (AvgIpc) is 2.56. The van der Waals surface area contributed by atoms with Crippen LogP contribution in [0.3, 0.4) is 0 Å². The van der Waals surface area contributed by atoms with E-state index in [4.69, 9.17) is 0 Å². The third kappa shape index (κ3) is 3.66. The number of aliphatic hydroxyl groups excluding tert-OH is 1. The fraction of sp³-hybridized carbons (Fsp3) is 0.600. The van der Waals surface area contributed by atoms with Gasteiger partial charge >= 0.3 is 6.18 Å². The number of halogens is 3. The second kappa shape index (κ2) is 6.04. The maximum absolute atomic E-state index is 12.9. The van der Waals surface area contributed by atoms with Crippen LogP contribution >= 0.6 is 0 Å². The minimum Gasteiger partial charge on any atom is -0.391 e. The van der Waals surface area contributed by atoms with E-state index in [1.165, 1.54) is 13.0 Å². The van der Waals surface area contributed by atoms with Gasteiger partial charge in [0.25, 0.3) is 0 Å². The molecule has 2 nitrogen and oxygen atoms in total. The highest BCUT2D eigenvalue weighted by Gasteiger charge is 2.32. The van der Waals surface area contributed by atoms with Crippen molar-refractivity contribution in [3.63, 3.8) is 0 Å². The topological polar surface area (TPSA) is 32.3 Å². The summed E-state index contributed by atoms with van der Waals surface area (Å²) in [6.45, 7) is 1.45. The fourth-order valence-electron chi connectivity index (χ4n) is 2.69. The zero-order valence-electron chi connectivity index (χ0n) is 11.5. The van der Waals surface area contributed by atoms with Crippen molar-refractivity contribution in [3.05, 3.63) is 29.3 Å². The minimum absolute atomic E-state index is 0.165. The van der Waals surface area contributed by atoms with E-state index in [1.54, 1.807) is 6.07 Å². The molecule has 2 rings (SSSR count). The van der Waals surface area contributed by atoms with Crippen LogP contribution in [0.4, 0.5) is 18.9 Å². The Balaban J connectivity index is 2.17. The normalized spacial score (nSPS) is 24.2. The number of hydrogen-bond acceptors (Lipinski definition) is 2. The predicted octanol–water partition coefficient (Wildman–Crippen LogP) is 4.12. The molecule has 0 heterocycles. The van der Waals surface area contributed by atoms with Gasteiger partial charge < -0.3 is 10.4 Å². The van der Waals surface area contributed by atoms with Crippen LogP contribution in [0.15, 0.2) is 18.2 Å². The van der Waals surface area contributed by atoms with E-state index in [9.17, 15) is 18.3 Å². The number of alkyl halides is 3. The van der Waals surface area contributed by atoms with Crippen LogP contribution in [0.25, 0.3) is 0 Å². The number of aliphatic hydroxyl groups is 1. The van der Waals surface area contributed by atoms with E-state index < -0.39 is 17.8 Å². The summed E-state index contributed by atoms with van der Waals surface area (Å²) in [6.07, 6.45) is -0.311. The van der Waals surface area contributed by atoms with Crippen LogP contribution in [0, 0.1) is 6.92 Å². The summed E-state index contributed by atoms with van der Waals surface area (Å²) in [5.74, 6) is 0. The van der Waals surface area contributed by atoms with Crippen LogP contribution in [-0.2, 0) is 6.18 Å². The fourth-order valence-corrected chi connectivity index (χ4v) is 2.69. The number of hydrogen-bond donors (Lipinski definition) is 2. The van der Waals surface area contributed by atoms with Gasteiger partial charge in [-0.2, -0.15) is 13.2 Å². The maximum Gasteiger partial charge on any atom is 0.416 e. The number of benzene rings is 1. The molecule has 1 aliphatic rings. The molecular formula is C15H20F3NO. The molecule has 5 heteroatoms. The van der Waals surface area contributed by atoms with Gasteiger partial charge in [-0.25, -0.2) is 0 Å². The average molecular weight is 287 g/mol. The molecule has 2 atom stereocenters. The Kier molecular flexibility index (Phi) is 4.58. The zero-order valence-corrected chi connectivity index (χ0v) is 11.5. The lowest BCUT2D eigenvalue weighted by molar-refractivity contribution is -0.138. The lowest BCUT2D eigenvalue weighted by Gasteiger charge is -2.23. The highest BCUT2D eigenvalue weighted by Crippen LogP contribution is 2.34. The first-order chi connectivity index (χ1) is 9.38. The van der Waals surface area contributed by atoms with Gasteiger partial charge in [-0.05, 0) is 37.5 Å². The molecule has 0 amide bonds. The van der Waals surface area contributed by atoms with Crippen molar-refractivity contribution in [1.29, 1.82) is 0 Å². The largest absolute Gasteiger partial charge is 0.416 e. The summed E-state index contributed by atoms with van der Waals surface area (Å²) < 4.78 is 38.6. The molecule has 0 aromatic heterocycles. The number of anilines is 1. The number of rotatable bonds is 2. The van der Waals surface area contributed by atoms with Gasteiger partial charge in [-0.1, -0.05) is 25.3 Å². The van der Waals surface area contributed by atoms with E-state index in [2.05, 4.69) is 5.32 Å². The summed E-state index contributed by atoms with van der Waals surface area (Å²) >= 11 is 0. The molecule has 2 N–H and O–H groups in total. The Morgan fingerprint density at radius 1 is 1.15 bits per heavy atom. The van der Waals surface area contributed by atoms with Crippen molar-refractivity contribution >= 4 is 5.69 Å². The molecule has 0 spiro atoms. The second-order valence-corrected chi connectivity index (χ2v) is 5.48. The first-order valence-corrected chi connectivity index (χ1v) is 7.00. The van der Waals surface area contributed by atoms with Gasteiger partial charge in [0.2, 0.25) is 0 Å². The highest BCUT2D eigenvalue weighted by molar-refractivity contribution is 5.50. The monoisotopic (exact) mass is 287 g/mol. The van der Waals surface area contributed by atoms with Gasteiger partial charge in [0.05, 0.1) is 17.7 Å². The third-order valence-electron chi connectivity index (χ3n) is 3.87. The number of nitrogens with one attached hydrogen (secondary N) is 1. The molecule has 1 aliphatic carbocycles. The van der Waals surface area contributed by atoms with Gasteiger partial charge in [0.15, 0.2) is 0 Å². The molecular weight excluding hydrogens is 267 g/mol. The Labute approximate surface area is 117 Å². The van der Waals surface area contributed by atoms with E-state index in [-0.39, 0.29) is 11.6 Å². The van der Waals surface area contributed by atoms with Crippen molar-refractivity contribution in [2.75, 3.05) is 5.32 Å². The van der Waals surface area contributed by atoms with Gasteiger partial charge in [0, 0.05) is 5.69 Å². The Bertz CT molecular complexity index is 459. The van der Waals surface area contributed by atoms with Crippen LogP contribution < -0.4 is 5.32 Å². The van der Waals surface area contributed by atoms with Crippen LogP contribution in [0.2, 0.25) is 0 Å². The quantitative estimate of drug-likeness (QED) is 0.802. The zero-order chi connectivity index (χ0) is 14.8. The second-order valence-electron chi connectivity index (χ2n) is 5.48. The first-order valence-electron chi connectivity index (χ1n) is 7.00. The molecule has 1 fully saturated rings. The van der Waals surface area contributed by atoms with Gasteiger partial charge in [-0.15, -0.1) is 0 Å². The SMILES string of the molecule is Cc1ccc(NC2CCCCCC2O)cc1C(F)(F)F. The molecule has 112 valence electrons. The Hall–Kier alpha value is -1.23. The molecule has 1 aromatic rings. The van der Waals surface area contributed by atoms with Gasteiger partial charge in [0.1, 0.15) is 0 Å². The molecule has 1 saturated carbocycles. The van der Waals surface area contributed by atoms with E-state index in [0.29, 0.717) is 12.1 Å². The minimum atomic E-state index is -4.34. The Morgan fingerprint density at radius 2 is 1.85 bits per heavy atom. The van der Waals surface area contributed by atoms with Crippen molar-refractivity contribution < 1.29 is 18.3 Å². The first kappa shape index (κ1) is 15.2.